The second-order valence-electron chi connectivity index (χ2n) is 9.40. The number of hydroxylamine groups is 2. The van der Waals surface area contributed by atoms with Gasteiger partial charge in [0.25, 0.3) is 0 Å². The van der Waals surface area contributed by atoms with Crippen LogP contribution in [0.1, 0.15) is 79.8 Å². The van der Waals surface area contributed by atoms with Crippen LogP contribution in [-0.4, -0.2) is 39.3 Å². The predicted octanol–water partition coefficient (Wildman–Crippen LogP) is 5.26. The monoisotopic (exact) mass is 425 g/mol. The number of carbonyl (C=O) groups excluding carboxylic acids is 1. The minimum absolute atomic E-state index is 0.0632. The molecular weight excluding hydrogens is 394 g/mol. The molecule has 1 unspecified atom stereocenters. The van der Waals surface area contributed by atoms with E-state index in [1.54, 1.807) is 12.1 Å². The Morgan fingerprint density at radius 2 is 1.55 bits per heavy atom. The van der Waals surface area contributed by atoms with Crippen molar-refractivity contribution in [2.75, 3.05) is 0 Å². The fraction of sp³-hybridized carbons (Fsp3) is 0.440. The molecule has 2 aromatic rings. The Morgan fingerprint density at radius 1 is 0.968 bits per heavy atom. The third-order valence-corrected chi connectivity index (χ3v) is 5.71. The zero-order valence-electron chi connectivity index (χ0n) is 18.8. The lowest BCUT2D eigenvalue weighted by Gasteiger charge is -2.54. The fourth-order valence-electron chi connectivity index (χ4n) is 4.48. The number of hydrogen-bond acceptors (Lipinski definition) is 5. The van der Waals surface area contributed by atoms with E-state index in [1.807, 2.05) is 42.3 Å². The first-order valence-corrected chi connectivity index (χ1v) is 10.6. The van der Waals surface area contributed by atoms with E-state index >= 15 is 0 Å². The lowest BCUT2D eigenvalue weighted by molar-refractivity contribution is -0.313. The summed E-state index contributed by atoms with van der Waals surface area (Å²) in [4.78, 5) is 30.3. The maximum Gasteiger partial charge on any atom is 0.338 e. The second kappa shape index (κ2) is 8.81. The quantitative estimate of drug-likeness (QED) is 0.637. The zero-order chi connectivity index (χ0) is 22.8. The average molecular weight is 426 g/mol. The Bertz CT molecular complexity index is 920. The average Bonchev–Trinajstić information content (AvgIpc) is 2.70. The molecule has 0 bridgehead atoms. The van der Waals surface area contributed by atoms with Crippen molar-refractivity contribution in [1.82, 2.24) is 5.06 Å². The van der Waals surface area contributed by atoms with Crippen molar-refractivity contribution in [3.05, 3.63) is 71.3 Å². The molecule has 2 aromatic carbocycles. The van der Waals surface area contributed by atoms with Gasteiger partial charge < -0.3 is 9.84 Å². The highest BCUT2D eigenvalue weighted by molar-refractivity contribution is 5.94. The molecule has 31 heavy (non-hydrogen) atoms. The van der Waals surface area contributed by atoms with Crippen LogP contribution in [0.4, 0.5) is 0 Å². The molecular formula is C25H31NO5. The van der Waals surface area contributed by atoms with Crippen molar-refractivity contribution < 1.29 is 24.3 Å². The number of rotatable bonds is 6. The summed E-state index contributed by atoms with van der Waals surface area (Å²) in [5, 5.41) is 11.2. The zero-order valence-corrected chi connectivity index (χ0v) is 18.8. The number of carboxylic acid groups (broad SMARTS) is 1. The van der Waals surface area contributed by atoms with Crippen LogP contribution in [-0.2, 0) is 9.57 Å². The standard InChI is InChI=1S/C25H31NO5/c1-17(18-10-7-6-8-11-18)31-26-24(2,3)15-21(16-25(26,4)5)30-23(29)20-13-9-12-19(14-20)22(27)28/h6-14,17,21H,15-16H2,1-5H3,(H,27,28). The molecule has 1 N–H and O–H groups in total. The van der Waals surface area contributed by atoms with Crippen LogP contribution in [0.3, 0.4) is 0 Å². The molecule has 0 aromatic heterocycles. The number of benzene rings is 2. The van der Waals surface area contributed by atoms with E-state index in [2.05, 4.69) is 27.7 Å². The Kier molecular flexibility index (Phi) is 6.53. The third kappa shape index (κ3) is 5.32. The van der Waals surface area contributed by atoms with Gasteiger partial charge in [0.1, 0.15) is 12.2 Å². The normalized spacial score (nSPS) is 19.5. The fourth-order valence-corrected chi connectivity index (χ4v) is 4.48. The van der Waals surface area contributed by atoms with Gasteiger partial charge in [0, 0.05) is 23.9 Å². The summed E-state index contributed by atoms with van der Waals surface area (Å²) in [6.07, 6.45) is 0.778. The molecule has 0 amide bonds. The maximum absolute atomic E-state index is 12.7. The van der Waals surface area contributed by atoms with Crippen LogP contribution in [0.5, 0.6) is 0 Å². The van der Waals surface area contributed by atoms with E-state index in [0.29, 0.717) is 12.8 Å². The van der Waals surface area contributed by atoms with Crippen molar-refractivity contribution in [1.29, 1.82) is 0 Å². The minimum atomic E-state index is -1.07. The van der Waals surface area contributed by atoms with Crippen molar-refractivity contribution in [3.8, 4) is 0 Å². The van der Waals surface area contributed by atoms with Gasteiger partial charge in [0.2, 0.25) is 0 Å². The minimum Gasteiger partial charge on any atom is -0.478 e. The molecule has 1 fully saturated rings. The van der Waals surface area contributed by atoms with Gasteiger partial charge in [-0.05, 0) is 58.4 Å². The number of carbonyl (C=O) groups is 2. The van der Waals surface area contributed by atoms with Gasteiger partial charge in [0.15, 0.2) is 0 Å². The molecule has 0 spiro atoms. The summed E-state index contributed by atoms with van der Waals surface area (Å²) in [5.74, 6) is -1.58. The highest BCUT2D eigenvalue weighted by Crippen LogP contribution is 2.41. The van der Waals surface area contributed by atoms with Gasteiger partial charge in [-0.2, -0.15) is 5.06 Å². The number of nitrogens with zero attached hydrogens (tertiary/aromatic N) is 1. The van der Waals surface area contributed by atoms with Gasteiger partial charge in [0.05, 0.1) is 11.1 Å². The molecule has 1 atom stereocenters. The summed E-state index contributed by atoms with van der Waals surface area (Å²) >= 11 is 0. The van der Waals surface area contributed by atoms with Crippen molar-refractivity contribution >= 4 is 11.9 Å². The van der Waals surface area contributed by atoms with Crippen LogP contribution in [0, 0.1) is 0 Å². The highest BCUT2D eigenvalue weighted by Gasteiger charge is 2.48. The lowest BCUT2D eigenvalue weighted by atomic mass is 9.80. The van der Waals surface area contributed by atoms with Gasteiger partial charge >= 0.3 is 11.9 Å². The van der Waals surface area contributed by atoms with Crippen LogP contribution in [0.15, 0.2) is 54.6 Å². The van der Waals surface area contributed by atoms with Crippen LogP contribution >= 0.6 is 0 Å². The summed E-state index contributed by atoms with van der Waals surface area (Å²) < 4.78 is 5.81. The van der Waals surface area contributed by atoms with Gasteiger partial charge in [-0.3, -0.25) is 4.84 Å². The number of ether oxygens (including phenoxy) is 1. The van der Waals surface area contributed by atoms with Gasteiger partial charge in [-0.25, -0.2) is 9.59 Å². The smallest absolute Gasteiger partial charge is 0.338 e. The third-order valence-electron chi connectivity index (χ3n) is 5.71. The molecule has 0 aliphatic carbocycles. The van der Waals surface area contributed by atoms with Crippen molar-refractivity contribution in [3.63, 3.8) is 0 Å². The second-order valence-corrected chi connectivity index (χ2v) is 9.40. The van der Waals surface area contributed by atoms with E-state index in [-0.39, 0.29) is 34.4 Å². The van der Waals surface area contributed by atoms with E-state index in [0.717, 1.165) is 5.56 Å². The molecule has 1 heterocycles. The Balaban J connectivity index is 1.72. The first kappa shape index (κ1) is 23.0. The van der Waals surface area contributed by atoms with Crippen LogP contribution in [0.2, 0.25) is 0 Å². The first-order chi connectivity index (χ1) is 14.5. The van der Waals surface area contributed by atoms with Crippen molar-refractivity contribution in [2.45, 2.75) is 70.7 Å². The number of aromatic carboxylic acids is 1. The molecule has 6 nitrogen and oxygen atoms in total. The molecule has 6 heteroatoms. The molecule has 1 saturated heterocycles. The van der Waals surface area contributed by atoms with Gasteiger partial charge in [-0.1, -0.05) is 36.4 Å². The Hall–Kier alpha value is -2.70. The van der Waals surface area contributed by atoms with E-state index in [9.17, 15) is 9.59 Å². The summed E-state index contributed by atoms with van der Waals surface area (Å²) in [6, 6.07) is 16.0. The molecule has 166 valence electrons. The maximum atomic E-state index is 12.7. The molecule has 1 aliphatic rings. The first-order valence-electron chi connectivity index (χ1n) is 10.6. The topological polar surface area (TPSA) is 76.1 Å². The van der Waals surface area contributed by atoms with Crippen LogP contribution < -0.4 is 0 Å². The number of esters is 1. The largest absolute Gasteiger partial charge is 0.478 e. The predicted molar refractivity (Wildman–Crippen MR) is 118 cm³/mol. The Morgan fingerprint density at radius 3 is 2.13 bits per heavy atom. The SMILES string of the molecule is CC(ON1C(C)(C)CC(OC(=O)c2cccc(C(=O)O)c2)CC1(C)C)c1ccccc1. The molecule has 0 radical (unpaired) electrons. The van der Waals surface area contributed by atoms with Crippen LogP contribution in [0.25, 0.3) is 0 Å². The molecule has 1 aliphatic heterocycles. The van der Waals surface area contributed by atoms with E-state index < -0.39 is 11.9 Å². The summed E-state index contributed by atoms with van der Waals surface area (Å²) in [6.45, 7) is 10.4. The number of hydrogen-bond donors (Lipinski definition) is 1. The molecule has 3 rings (SSSR count). The lowest BCUT2D eigenvalue weighted by Crippen LogP contribution is -2.62. The Labute approximate surface area is 183 Å². The molecule has 0 saturated carbocycles. The number of carboxylic acids is 1. The van der Waals surface area contributed by atoms with E-state index in [4.69, 9.17) is 14.7 Å². The number of piperidine rings is 1. The van der Waals surface area contributed by atoms with E-state index in [1.165, 1.54) is 12.1 Å². The highest BCUT2D eigenvalue weighted by atomic mass is 16.7. The summed E-state index contributed by atoms with van der Waals surface area (Å²) in [7, 11) is 0. The van der Waals surface area contributed by atoms with Crippen molar-refractivity contribution in [2.24, 2.45) is 0 Å². The van der Waals surface area contributed by atoms with Gasteiger partial charge in [-0.15, -0.1) is 0 Å². The summed E-state index contributed by atoms with van der Waals surface area (Å²) in [5.41, 5.74) is 0.651.